The maximum absolute atomic E-state index is 14.2. The van der Waals surface area contributed by atoms with Crippen molar-refractivity contribution in [2.24, 2.45) is 0 Å². The molecule has 4 nitrogen and oxygen atoms in total. The average molecular weight is 363 g/mol. The number of rotatable bonds is 3. The molecular formula is C16H12BrFN2O2. The highest BCUT2D eigenvalue weighted by Crippen LogP contribution is 2.25. The van der Waals surface area contributed by atoms with Crippen molar-refractivity contribution in [3.63, 3.8) is 0 Å². The minimum absolute atomic E-state index is 0.0689. The first-order chi connectivity index (χ1) is 10.6. The molecule has 3 rings (SSSR count). The number of ether oxygens (including phenoxy) is 1. The number of imidazole rings is 1. The van der Waals surface area contributed by atoms with Crippen molar-refractivity contribution >= 4 is 27.5 Å². The van der Waals surface area contributed by atoms with Gasteiger partial charge in [0.25, 0.3) is 0 Å². The van der Waals surface area contributed by atoms with E-state index in [0.717, 1.165) is 15.8 Å². The molecule has 0 amide bonds. The van der Waals surface area contributed by atoms with Gasteiger partial charge in [-0.3, -0.25) is 4.40 Å². The summed E-state index contributed by atoms with van der Waals surface area (Å²) in [5.41, 5.74) is 2.07. The Morgan fingerprint density at radius 1 is 1.36 bits per heavy atom. The molecule has 3 aromatic rings. The van der Waals surface area contributed by atoms with Crippen molar-refractivity contribution in [2.75, 3.05) is 6.61 Å². The van der Waals surface area contributed by atoms with Crippen LogP contribution in [0.15, 0.2) is 47.2 Å². The van der Waals surface area contributed by atoms with Crippen LogP contribution in [0.4, 0.5) is 4.39 Å². The molecule has 22 heavy (non-hydrogen) atoms. The summed E-state index contributed by atoms with van der Waals surface area (Å²) in [6, 6.07) is 8.17. The van der Waals surface area contributed by atoms with Gasteiger partial charge in [0, 0.05) is 16.2 Å². The van der Waals surface area contributed by atoms with E-state index in [1.807, 2.05) is 22.7 Å². The second-order valence-corrected chi connectivity index (χ2v) is 5.55. The number of hydrogen-bond donors (Lipinski definition) is 0. The summed E-state index contributed by atoms with van der Waals surface area (Å²) in [6.07, 6.45) is 3.52. The van der Waals surface area contributed by atoms with Gasteiger partial charge < -0.3 is 4.74 Å². The Hall–Kier alpha value is -2.21. The van der Waals surface area contributed by atoms with Gasteiger partial charge in [-0.15, -0.1) is 0 Å². The first-order valence-electron chi connectivity index (χ1n) is 6.70. The van der Waals surface area contributed by atoms with Gasteiger partial charge in [0.1, 0.15) is 11.5 Å². The Morgan fingerprint density at radius 2 is 2.18 bits per heavy atom. The Bertz CT molecular complexity index is 860. The molecule has 0 spiro atoms. The third-order valence-corrected chi connectivity index (χ3v) is 3.70. The van der Waals surface area contributed by atoms with Crippen LogP contribution in [0.1, 0.15) is 17.3 Å². The molecule has 0 aliphatic rings. The molecule has 2 heterocycles. The van der Waals surface area contributed by atoms with E-state index in [1.54, 1.807) is 19.2 Å². The zero-order valence-corrected chi connectivity index (χ0v) is 13.3. The Labute approximate surface area is 134 Å². The summed E-state index contributed by atoms with van der Waals surface area (Å²) < 4.78 is 21.7. The fourth-order valence-corrected chi connectivity index (χ4v) is 2.55. The summed E-state index contributed by atoms with van der Waals surface area (Å²) in [7, 11) is 0. The lowest BCUT2D eigenvalue weighted by atomic mass is 10.1. The minimum Gasteiger partial charge on any atom is -0.462 e. The van der Waals surface area contributed by atoms with Crippen LogP contribution in [0.5, 0.6) is 0 Å². The maximum atomic E-state index is 14.2. The van der Waals surface area contributed by atoms with Crippen molar-refractivity contribution in [3.05, 3.63) is 58.6 Å². The van der Waals surface area contributed by atoms with Crippen molar-refractivity contribution < 1.29 is 13.9 Å². The quantitative estimate of drug-likeness (QED) is 0.659. The van der Waals surface area contributed by atoms with Crippen LogP contribution in [0.2, 0.25) is 0 Å². The Balaban J connectivity index is 2.06. The molecule has 112 valence electrons. The van der Waals surface area contributed by atoms with Crippen molar-refractivity contribution in [1.29, 1.82) is 0 Å². The predicted octanol–water partition coefficient (Wildman–Crippen LogP) is 4.08. The predicted molar refractivity (Wildman–Crippen MR) is 84.2 cm³/mol. The van der Waals surface area contributed by atoms with Crippen LogP contribution in [0, 0.1) is 5.82 Å². The topological polar surface area (TPSA) is 43.6 Å². The smallest absolute Gasteiger partial charge is 0.341 e. The second-order valence-electron chi connectivity index (χ2n) is 4.63. The van der Waals surface area contributed by atoms with Gasteiger partial charge in [-0.2, -0.15) is 0 Å². The van der Waals surface area contributed by atoms with E-state index < -0.39 is 11.8 Å². The zero-order valence-electron chi connectivity index (χ0n) is 11.7. The molecule has 6 heteroatoms. The maximum Gasteiger partial charge on any atom is 0.341 e. The number of esters is 1. The van der Waals surface area contributed by atoms with Gasteiger partial charge in [-0.1, -0.05) is 6.07 Å². The van der Waals surface area contributed by atoms with Gasteiger partial charge in [-0.25, -0.2) is 14.2 Å². The summed E-state index contributed by atoms with van der Waals surface area (Å²) in [6.45, 7) is 1.89. The number of hydrogen-bond acceptors (Lipinski definition) is 3. The normalized spacial score (nSPS) is 10.9. The largest absolute Gasteiger partial charge is 0.462 e. The number of benzene rings is 1. The summed E-state index contributed by atoms with van der Waals surface area (Å²) in [5, 5.41) is 0. The third-order valence-electron chi connectivity index (χ3n) is 3.23. The SMILES string of the molecule is CCOC(=O)c1ccc(-c2cnc3ccc(Br)cn23)cc1F. The molecule has 0 saturated carbocycles. The molecule has 0 atom stereocenters. The number of carbonyl (C=O) groups excluding carboxylic acids is 1. The fraction of sp³-hybridized carbons (Fsp3) is 0.125. The molecule has 0 bridgehead atoms. The summed E-state index contributed by atoms with van der Waals surface area (Å²) in [4.78, 5) is 15.9. The standard InChI is InChI=1S/C16H12BrFN2O2/c1-2-22-16(21)12-5-3-10(7-13(12)18)14-8-19-15-6-4-11(17)9-20(14)15/h3-9H,2H2,1H3. The van der Waals surface area contributed by atoms with Gasteiger partial charge >= 0.3 is 5.97 Å². The highest BCUT2D eigenvalue weighted by molar-refractivity contribution is 9.10. The lowest BCUT2D eigenvalue weighted by Gasteiger charge is -2.06. The van der Waals surface area contributed by atoms with Crippen molar-refractivity contribution in [1.82, 2.24) is 9.38 Å². The Morgan fingerprint density at radius 3 is 2.91 bits per heavy atom. The van der Waals surface area contributed by atoms with Gasteiger partial charge in [0.15, 0.2) is 0 Å². The van der Waals surface area contributed by atoms with E-state index in [-0.39, 0.29) is 12.2 Å². The Kier molecular flexibility index (Phi) is 3.94. The molecule has 0 aliphatic heterocycles. The van der Waals surface area contributed by atoms with E-state index in [0.29, 0.717) is 5.56 Å². The minimum atomic E-state index is -0.660. The number of pyridine rings is 1. The molecule has 0 aliphatic carbocycles. The van der Waals surface area contributed by atoms with E-state index in [2.05, 4.69) is 20.9 Å². The molecule has 0 radical (unpaired) electrons. The van der Waals surface area contributed by atoms with E-state index in [4.69, 9.17) is 4.74 Å². The number of halogens is 2. The third kappa shape index (κ3) is 2.62. The van der Waals surface area contributed by atoms with Crippen LogP contribution in [0.3, 0.4) is 0 Å². The van der Waals surface area contributed by atoms with Crippen LogP contribution in [0.25, 0.3) is 16.9 Å². The average Bonchev–Trinajstić information content (AvgIpc) is 2.90. The zero-order chi connectivity index (χ0) is 15.7. The van der Waals surface area contributed by atoms with Gasteiger partial charge in [0.05, 0.1) is 24.1 Å². The van der Waals surface area contributed by atoms with E-state index in [1.165, 1.54) is 12.1 Å². The van der Waals surface area contributed by atoms with E-state index in [9.17, 15) is 9.18 Å². The molecule has 2 aromatic heterocycles. The molecule has 0 fully saturated rings. The van der Waals surface area contributed by atoms with Crippen molar-refractivity contribution in [3.8, 4) is 11.3 Å². The molecule has 1 aromatic carbocycles. The van der Waals surface area contributed by atoms with Crippen LogP contribution in [-0.4, -0.2) is 22.0 Å². The molecule has 0 unspecified atom stereocenters. The number of carbonyl (C=O) groups is 1. The second kappa shape index (κ2) is 5.88. The van der Waals surface area contributed by atoms with Crippen LogP contribution in [-0.2, 0) is 4.74 Å². The van der Waals surface area contributed by atoms with Crippen LogP contribution < -0.4 is 0 Å². The monoisotopic (exact) mass is 362 g/mol. The highest BCUT2D eigenvalue weighted by atomic mass is 79.9. The molecule has 0 saturated heterocycles. The van der Waals surface area contributed by atoms with E-state index >= 15 is 0 Å². The summed E-state index contributed by atoms with van der Waals surface area (Å²) >= 11 is 3.40. The number of fused-ring (bicyclic) bond motifs is 1. The highest BCUT2D eigenvalue weighted by Gasteiger charge is 2.15. The molecule has 0 N–H and O–H groups in total. The number of aromatic nitrogens is 2. The van der Waals surface area contributed by atoms with Crippen LogP contribution >= 0.6 is 15.9 Å². The summed E-state index contributed by atoms with van der Waals surface area (Å²) in [5.74, 6) is -1.27. The fourth-order valence-electron chi connectivity index (χ4n) is 2.22. The lowest BCUT2D eigenvalue weighted by Crippen LogP contribution is -2.07. The first-order valence-corrected chi connectivity index (χ1v) is 7.49. The molecular weight excluding hydrogens is 351 g/mol. The van der Waals surface area contributed by atoms with Gasteiger partial charge in [0.2, 0.25) is 0 Å². The number of nitrogens with zero attached hydrogens (tertiary/aromatic N) is 2. The first kappa shape index (κ1) is 14.7. The van der Waals surface area contributed by atoms with Gasteiger partial charge in [-0.05, 0) is 47.1 Å². The van der Waals surface area contributed by atoms with Crippen molar-refractivity contribution in [2.45, 2.75) is 6.92 Å². The lowest BCUT2D eigenvalue weighted by molar-refractivity contribution is 0.0521.